The van der Waals surface area contributed by atoms with Gasteiger partial charge in [0, 0.05) is 17.0 Å². The summed E-state index contributed by atoms with van der Waals surface area (Å²) in [6.45, 7) is 4.10. The molecule has 2 rings (SSSR count). The van der Waals surface area contributed by atoms with Gasteiger partial charge in [-0.2, -0.15) is 0 Å². The molecule has 1 saturated carbocycles. The molecule has 0 aliphatic heterocycles. The van der Waals surface area contributed by atoms with Crippen LogP contribution in [0.25, 0.3) is 0 Å². The Bertz CT molecular complexity index is 438. The molecule has 1 N–H and O–H groups in total. The fourth-order valence-electron chi connectivity index (χ4n) is 2.36. The lowest BCUT2D eigenvalue weighted by Crippen LogP contribution is -2.45. The molecular weight excluding hydrogens is 234 g/mol. The first-order valence-electron chi connectivity index (χ1n) is 5.83. The first kappa shape index (κ1) is 12.2. The summed E-state index contributed by atoms with van der Waals surface area (Å²) in [5, 5.41) is 3.68. The van der Waals surface area contributed by atoms with E-state index in [0.717, 1.165) is 23.4 Å². The van der Waals surface area contributed by atoms with Crippen molar-refractivity contribution in [2.24, 2.45) is 0 Å². The zero-order valence-electron chi connectivity index (χ0n) is 9.71. The largest absolute Gasteiger partial charge is 0.352 e. The van der Waals surface area contributed by atoms with Crippen molar-refractivity contribution in [1.82, 2.24) is 5.32 Å². The normalized spacial score (nSPS) is 17.0. The number of amides is 1. The summed E-state index contributed by atoms with van der Waals surface area (Å²) in [5.74, 6) is -0.122. The van der Waals surface area contributed by atoms with Crippen LogP contribution in [0.1, 0.15) is 24.8 Å². The van der Waals surface area contributed by atoms with Crippen molar-refractivity contribution in [3.63, 3.8) is 0 Å². The fourth-order valence-corrected chi connectivity index (χ4v) is 2.70. The van der Waals surface area contributed by atoms with Crippen LogP contribution in [-0.2, 0) is 10.2 Å². The van der Waals surface area contributed by atoms with E-state index in [-0.39, 0.29) is 11.3 Å². The van der Waals surface area contributed by atoms with Crippen LogP contribution in [0.3, 0.4) is 0 Å². The zero-order chi connectivity index (χ0) is 12.3. The molecule has 1 fully saturated rings. The maximum absolute atomic E-state index is 11.3. The summed E-state index contributed by atoms with van der Waals surface area (Å²) in [6, 6.07) is 7.89. The summed E-state index contributed by atoms with van der Waals surface area (Å²) in [6.07, 6.45) is 4.65. The Hall–Kier alpha value is -1.28. The van der Waals surface area contributed by atoms with Crippen LogP contribution < -0.4 is 5.32 Å². The summed E-state index contributed by atoms with van der Waals surface area (Å²) >= 11 is 6.24. The summed E-state index contributed by atoms with van der Waals surface area (Å²) in [7, 11) is 0. The Morgan fingerprint density at radius 3 is 2.71 bits per heavy atom. The fraction of sp³-hybridized carbons (Fsp3) is 0.357. The highest BCUT2D eigenvalue weighted by Crippen LogP contribution is 2.45. The highest BCUT2D eigenvalue weighted by Gasteiger charge is 2.39. The molecule has 0 spiro atoms. The number of carbonyl (C=O) groups is 1. The van der Waals surface area contributed by atoms with Gasteiger partial charge in [0.2, 0.25) is 5.91 Å². The van der Waals surface area contributed by atoms with E-state index in [1.165, 1.54) is 12.5 Å². The van der Waals surface area contributed by atoms with E-state index in [4.69, 9.17) is 11.6 Å². The third kappa shape index (κ3) is 2.37. The molecule has 17 heavy (non-hydrogen) atoms. The minimum atomic E-state index is -0.122. The lowest BCUT2D eigenvalue weighted by atomic mass is 9.64. The lowest BCUT2D eigenvalue weighted by Gasteiger charge is -2.43. The van der Waals surface area contributed by atoms with Crippen LogP contribution >= 0.6 is 11.6 Å². The molecule has 0 saturated heterocycles. The van der Waals surface area contributed by atoms with Crippen molar-refractivity contribution >= 4 is 17.5 Å². The van der Waals surface area contributed by atoms with Gasteiger partial charge in [-0.05, 0) is 30.5 Å². The Morgan fingerprint density at radius 2 is 2.18 bits per heavy atom. The first-order valence-corrected chi connectivity index (χ1v) is 6.21. The quantitative estimate of drug-likeness (QED) is 0.817. The van der Waals surface area contributed by atoms with Crippen LogP contribution in [-0.4, -0.2) is 12.5 Å². The van der Waals surface area contributed by atoms with Crippen LogP contribution in [0.4, 0.5) is 0 Å². The molecule has 0 unspecified atom stereocenters. The van der Waals surface area contributed by atoms with E-state index in [1.807, 2.05) is 18.2 Å². The van der Waals surface area contributed by atoms with E-state index in [9.17, 15) is 4.79 Å². The number of benzene rings is 1. The van der Waals surface area contributed by atoms with Gasteiger partial charge < -0.3 is 5.32 Å². The van der Waals surface area contributed by atoms with Crippen molar-refractivity contribution < 1.29 is 4.79 Å². The lowest BCUT2D eigenvalue weighted by molar-refractivity contribution is -0.116. The number of carbonyl (C=O) groups excluding carboxylic acids is 1. The van der Waals surface area contributed by atoms with Gasteiger partial charge in [0.15, 0.2) is 0 Å². The highest BCUT2D eigenvalue weighted by atomic mass is 35.5. The van der Waals surface area contributed by atoms with Crippen LogP contribution in [0.5, 0.6) is 0 Å². The second kappa shape index (κ2) is 4.92. The standard InChI is InChI=1S/C14H16ClNO/c1-2-13(17)16-10-14(8-5-9-14)11-6-3-4-7-12(11)15/h2-4,6-7H,1,5,8-10H2,(H,16,17). The molecule has 0 atom stereocenters. The summed E-state index contributed by atoms with van der Waals surface area (Å²) in [4.78, 5) is 11.3. The Balaban J connectivity index is 2.17. The minimum Gasteiger partial charge on any atom is -0.352 e. The number of hydrogen-bond acceptors (Lipinski definition) is 1. The van der Waals surface area contributed by atoms with E-state index >= 15 is 0 Å². The molecule has 1 aliphatic carbocycles. The van der Waals surface area contributed by atoms with Gasteiger partial charge in [0.1, 0.15) is 0 Å². The van der Waals surface area contributed by atoms with Crippen LogP contribution in [0.2, 0.25) is 5.02 Å². The second-order valence-corrected chi connectivity index (χ2v) is 4.94. The third-order valence-corrected chi connectivity index (χ3v) is 3.87. The van der Waals surface area contributed by atoms with E-state index in [0.29, 0.717) is 6.54 Å². The van der Waals surface area contributed by atoms with Gasteiger partial charge in [-0.3, -0.25) is 4.79 Å². The topological polar surface area (TPSA) is 29.1 Å². The van der Waals surface area contributed by atoms with E-state index in [2.05, 4.69) is 18.0 Å². The van der Waals surface area contributed by atoms with Gasteiger partial charge >= 0.3 is 0 Å². The Labute approximate surface area is 107 Å². The van der Waals surface area contributed by atoms with Gasteiger partial charge in [0.05, 0.1) is 0 Å². The predicted octanol–water partition coefficient (Wildman–Crippen LogP) is 3.06. The first-order chi connectivity index (χ1) is 8.18. The number of nitrogens with one attached hydrogen (secondary N) is 1. The van der Waals surface area contributed by atoms with Gasteiger partial charge in [0.25, 0.3) is 0 Å². The van der Waals surface area contributed by atoms with Crippen LogP contribution in [0, 0.1) is 0 Å². The molecule has 90 valence electrons. The Morgan fingerprint density at radius 1 is 1.47 bits per heavy atom. The smallest absolute Gasteiger partial charge is 0.243 e. The maximum atomic E-state index is 11.3. The number of rotatable bonds is 4. The monoisotopic (exact) mass is 249 g/mol. The van der Waals surface area contributed by atoms with Crippen molar-refractivity contribution in [3.05, 3.63) is 47.5 Å². The summed E-state index contributed by atoms with van der Waals surface area (Å²) in [5.41, 5.74) is 1.18. The molecule has 0 aromatic heterocycles. The molecule has 1 aliphatic rings. The zero-order valence-corrected chi connectivity index (χ0v) is 10.5. The van der Waals surface area contributed by atoms with Gasteiger partial charge in [-0.1, -0.05) is 42.8 Å². The van der Waals surface area contributed by atoms with Crippen molar-refractivity contribution in [2.45, 2.75) is 24.7 Å². The number of halogens is 1. The van der Waals surface area contributed by atoms with E-state index < -0.39 is 0 Å². The summed E-state index contributed by atoms with van der Waals surface area (Å²) < 4.78 is 0. The second-order valence-electron chi connectivity index (χ2n) is 4.54. The molecule has 2 nitrogen and oxygen atoms in total. The van der Waals surface area contributed by atoms with Gasteiger partial charge in [-0.15, -0.1) is 0 Å². The third-order valence-electron chi connectivity index (χ3n) is 3.54. The molecule has 1 amide bonds. The van der Waals surface area contributed by atoms with Crippen molar-refractivity contribution in [2.75, 3.05) is 6.54 Å². The van der Waals surface area contributed by atoms with Crippen LogP contribution in [0.15, 0.2) is 36.9 Å². The Kier molecular flexibility index (Phi) is 3.53. The van der Waals surface area contributed by atoms with E-state index in [1.54, 1.807) is 0 Å². The molecule has 0 bridgehead atoms. The molecule has 1 aromatic rings. The molecule has 0 heterocycles. The molecule has 1 aromatic carbocycles. The SMILES string of the molecule is C=CC(=O)NCC1(c2ccccc2Cl)CCC1. The van der Waals surface area contributed by atoms with Gasteiger partial charge in [-0.25, -0.2) is 0 Å². The van der Waals surface area contributed by atoms with Crippen molar-refractivity contribution in [3.8, 4) is 0 Å². The maximum Gasteiger partial charge on any atom is 0.243 e. The number of hydrogen-bond donors (Lipinski definition) is 1. The van der Waals surface area contributed by atoms with Crippen molar-refractivity contribution in [1.29, 1.82) is 0 Å². The molecular formula is C14H16ClNO. The highest BCUT2D eigenvalue weighted by molar-refractivity contribution is 6.31. The predicted molar refractivity (Wildman–Crippen MR) is 70.2 cm³/mol. The minimum absolute atomic E-state index is 0.0248. The average Bonchev–Trinajstić information content (AvgIpc) is 2.29. The average molecular weight is 250 g/mol. The molecule has 3 heteroatoms. The molecule has 0 radical (unpaired) electrons.